The van der Waals surface area contributed by atoms with Gasteiger partial charge in [-0.25, -0.2) is 0 Å². The van der Waals surface area contributed by atoms with Gasteiger partial charge in [0.1, 0.15) is 6.04 Å². The van der Waals surface area contributed by atoms with Crippen LogP contribution >= 0.6 is 12.4 Å². The first-order valence-corrected chi connectivity index (χ1v) is 8.60. The lowest BCUT2D eigenvalue weighted by Crippen LogP contribution is -2.42. The van der Waals surface area contributed by atoms with Gasteiger partial charge in [0.15, 0.2) is 0 Å². The molecule has 4 rings (SSSR count). The van der Waals surface area contributed by atoms with Crippen LogP contribution in [0.4, 0.5) is 0 Å². The maximum atomic E-state index is 12.8. The molecule has 3 unspecified atom stereocenters. The van der Waals surface area contributed by atoms with Gasteiger partial charge in [-0.15, -0.1) is 22.6 Å². The first kappa shape index (κ1) is 17.8. The van der Waals surface area contributed by atoms with Crippen LogP contribution < -0.4 is 5.32 Å². The highest BCUT2D eigenvalue weighted by Crippen LogP contribution is 2.22. The molecule has 2 aromatic rings. The number of hydrogen-bond acceptors (Lipinski definition) is 5. The largest absolute Gasteiger partial charge is 0.339 e. The van der Waals surface area contributed by atoms with Gasteiger partial charge in [0.25, 0.3) is 0 Å². The Balaban J connectivity index is 0.00000182. The highest BCUT2D eigenvalue weighted by molar-refractivity contribution is 5.85. The Morgan fingerprint density at radius 1 is 1.20 bits per heavy atom. The van der Waals surface area contributed by atoms with Crippen LogP contribution in [0.25, 0.3) is 11.4 Å². The Hall–Kier alpha value is -1.99. The summed E-state index contributed by atoms with van der Waals surface area (Å²) >= 11 is 0. The normalized spacial score (nSPS) is 23.6. The minimum atomic E-state index is -0.438. The molecule has 3 atom stereocenters. The van der Waals surface area contributed by atoms with Gasteiger partial charge in [0.05, 0.1) is 0 Å². The summed E-state index contributed by atoms with van der Waals surface area (Å²) in [5.41, 5.74) is 0.902. The molecule has 0 saturated carbocycles. The Kier molecular flexibility index (Phi) is 5.34. The molecule has 8 heteroatoms. The van der Waals surface area contributed by atoms with Crippen LogP contribution in [0.15, 0.2) is 30.3 Å². The topological polar surface area (TPSA) is 75.9 Å². The Morgan fingerprint density at radius 3 is 2.76 bits per heavy atom. The van der Waals surface area contributed by atoms with Crippen molar-refractivity contribution in [3.8, 4) is 11.4 Å². The third-order valence-corrected chi connectivity index (χ3v) is 5.00. The molecule has 2 bridgehead atoms. The van der Waals surface area contributed by atoms with Crippen LogP contribution in [-0.2, 0) is 4.79 Å². The van der Waals surface area contributed by atoms with Gasteiger partial charge in [-0.2, -0.15) is 4.80 Å². The molecule has 1 aromatic heterocycles. The zero-order valence-electron chi connectivity index (χ0n) is 14.2. The van der Waals surface area contributed by atoms with Crippen molar-refractivity contribution < 1.29 is 4.79 Å². The van der Waals surface area contributed by atoms with Crippen molar-refractivity contribution in [3.63, 3.8) is 0 Å². The second-order valence-electron chi connectivity index (χ2n) is 6.69. The molecule has 2 aliphatic rings. The monoisotopic (exact) mass is 362 g/mol. The molecular weight excluding hydrogens is 340 g/mol. The van der Waals surface area contributed by atoms with E-state index in [9.17, 15) is 4.79 Å². The number of benzene rings is 1. The molecule has 0 radical (unpaired) electrons. The van der Waals surface area contributed by atoms with E-state index in [0.717, 1.165) is 31.5 Å². The summed E-state index contributed by atoms with van der Waals surface area (Å²) in [6.07, 6.45) is 3.41. The van der Waals surface area contributed by atoms with E-state index in [1.165, 1.54) is 11.2 Å². The van der Waals surface area contributed by atoms with Crippen LogP contribution in [0.1, 0.15) is 32.2 Å². The van der Waals surface area contributed by atoms with Crippen molar-refractivity contribution in [2.45, 2.75) is 44.3 Å². The number of aromatic nitrogens is 4. The number of halogens is 1. The van der Waals surface area contributed by atoms with E-state index >= 15 is 0 Å². The molecule has 25 heavy (non-hydrogen) atoms. The fraction of sp³-hybridized carbons (Fsp3) is 0.529. The molecule has 2 aliphatic heterocycles. The maximum Gasteiger partial charge on any atom is 0.249 e. The van der Waals surface area contributed by atoms with Gasteiger partial charge in [0.2, 0.25) is 11.7 Å². The lowest BCUT2D eigenvalue weighted by atomic mass is 10.1. The summed E-state index contributed by atoms with van der Waals surface area (Å²) in [4.78, 5) is 16.2. The molecular formula is C17H23ClN6O. The quantitative estimate of drug-likeness (QED) is 0.899. The van der Waals surface area contributed by atoms with Crippen molar-refractivity contribution in [1.29, 1.82) is 0 Å². The number of fused-ring (bicyclic) bond motifs is 2. The zero-order chi connectivity index (χ0) is 16.5. The molecule has 2 saturated heterocycles. The van der Waals surface area contributed by atoms with Crippen LogP contribution in [0.5, 0.6) is 0 Å². The second kappa shape index (κ2) is 7.49. The van der Waals surface area contributed by atoms with E-state index in [1.54, 1.807) is 0 Å². The number of amides is 1. The van der Waals surface area contributed by atoms with Gasteiger partial charge in [-0.1, -0.05) is 30.3 Å². The van der Waals surface area contributed by atoms with Crippen molar-refractivity contribution in [2.24, 2.45) is 0 Å². The fourth-order valence-electron chi connectivity index (χ4n) is 3.60. The van der Waals surface area contributed by atoms with E-state index in [-0.39, 0.29) is 18.3 Å². The Morgan fingerprint density at radius 2 is 1.96 bits per heavy atom. The molecule has 1 aromatic carbocycles. The first-order valence-electron chi connectivity index (χ1n) is 8.60. The number of rotatable bonds is 3. The summed E-state index contributed by atoms with van der Waals surface area (Å²) in [5.74, 6) is 0.619. The van der Waals surface area contributed by atoms with Crippen molar-refractivity contribution >= 4 is 18.3 Å². The second-order valence-corrected chi connectivity index (χ2v) is 6.69. The van der Waals surface area contributed by atoms with Crippen LogP contribution in [0, 0.1) is 0 Å². The summed E-state index contributed by atoms with van der Waals surface area (Å²) in [7, 11) is 0. The number of likely N-dealkylation sites (tertiary alicyclic amines) is 1. The van der Waals surface area contributed by atoms with E-state index in [0.29, 0.717) is 17.9 Å². The molecule has 3 heterocycles. The lowest BCUT2D eigenvalue weighted by Gasteiger charge is -2.26. The molecule has 2 fully saturated rings. The van der Waals surface area contributed by atoms with Crippen molar-refractivity contribution in [3.05, 3.63) is 30.3 Å². The summed E-state index contributed by atoms with van der Waals surface area (Å²) in [5, 5.41) is 16.2. The highest BCUT2D eigenvalue weighted by atomic mass is 35.5. The minimum absolute atomic E-state index is 0. The van der Waals surface area contributed by atoms with Gasteiger partial charge < -0.3 is 10.2 Å². The average molecular weight is 363 g/mol. The third kappa shape index (κ3) is 3.67. The Labute approximate surface area is 153 Å². The average Bonchev–Trinajstić information content (AvgIpc) is 3.21. The lowest BCUT2D eigenvalue weighted by molar-refractivity contribution is -0.135. The van der Waals surface area contributed by atoms with E-state index < -0.39 is 6.04 Å². The standard InChI is InChI=1S/C17H22N6O.ClH/c1-12(17(24)22-10-9-14-7-8-15(11-22)18-14)23-20-16(19-21-23)13-5-3-2-4-6-13;/h2-6,12,14-15,18H,7-11H2,1H3;1H. The number of tetrazole rings is 1. The zero-order valence-corrected chi connectivity index (χ0v) is 15.0. The van der Waals surface area contributed by atoms with Crippen molar-refractivity contribution in [2.75, 3.05) is 13.1 Å². The molecule has 1 amide bonds. The molecule has 134 valence electrons. The van der Waals surface area contributed by atoms with Crippen molar-refractivity contribution in [1.82, 2.24) is 30.4 Å². The van der Waals surface area contributed by atoms with Crippen LogP contribution in [0.3, 0.4) is 0 Å². The predicted octanol–water partition coefficient (Wildman–Crippen LogP) is 1.68. The molecule has 0 spiro atoms. The smallest absolute Gasteiger partial charge is 0.249 e. The Bertz CT molecular complexity index is 721. The highest BCUT2D eigenvalue weighted by Gasteiger charge is 2.33. The number of carbonyl (C=O) groups is 1. The van der Waals surface area contributed by atoms with Gasteiger partial charge >= 0.3 is 0 Å². The van der Waals surface area contributed by atoms with Gasteiger partial charge in [-0.3, -0.25) is 4.79 Å². The minimum Gasteiger partial charge on any atom is -0.339 e. The van der Waals surface area contributed by atoms with Gasteiger partial charge in [0, 0.05) is 30.7 Å². The maximum absolute atomic E-state index is 12.8. The number of nitrogens with zero attached hydrogens (tertiary/aromatic N) is 5. The molecule has 1 N–H and O–H groups in total. The molecule has 7 nitrogen and oxygen atoms in total. The first-order chi connectivity index (χ1) is 11.7. The number of nitrogens with one attached hydrogen (secondary N) is 1. The van der Waals surface area contributed by atoms with E-state index in [1.807, 2.05) is 42.2 Å². The van der Waals surface area contributed by atoms with E-state index in [4.69, 9.17) is 0 Å². The number of hydrogen-bond donors (Lipinski definition) is 1. The predicted molar refractivity (Wildman–Crippen MR) is 96.4 cm³/mol. The fourth-order valence-corrected chi connectivity index (χ4v) is 3.60. The van der Waals surface area contributed by atoms with Crippen LogP contribution in [-0.4, -0.2) is 56.2 Å². The number of carbonyl (C=O) groups excluding carboxylic acids is 1. The summed E-state index contributed by atoms with van der Waals surface area (Å²) in [6, 6.07) is 10.2. The van der Waals surface area contributed by atoms with Crippen LogP contribution in [0.2, 0.25) is 0 Å². The summed E-state index contributed by atoms with van der Waals surface area (Å²) in [6.45, 7) is 3.42. The summed E-state index contributed by atoms with van der Waals surface area (Å²) < 4.78 is 0. The van der Waals surface area contributed by atoms with Gasteiger partial charge in [-0.05, 0) is 31.4 Å². The van der Waals surface area contributed by atoms with E-state index in [2.05, 4.69) is 20.7 Å². The molecule has 0 aliphatic carbocycles. The SMILES string of the molecule is CC(C(=O)N1CCC2CCC(C1)N2)n1nnc(-c2ccccc2)n1.Cl. The third-order valence-electron chi connectivity index (χ3n) is 5.00.